The molecule has 1 atom stereocenters. The number of hydrogen-bond donors (Lipinski definition) is 1. The summed E-state index contributed by atoms with van der Waals surface area (Å²) >= 11 is 0. The van der Waals surface area contributed by atoms with Gasteiger partial charge in [0.15, 0.2) is 11.6 Å². The molecule has 2 fully saturated rings. The molecule has 138 valence electrons. The zero-order valence-corrected chi connectivity index (χ0v) is 15.1. The number of allylic oxidation sites excluding steroid dienone is 1. The number of carbonyl (C=O) groups excluding carboxylic acids is 4. The molecule has 2 rings (SSSR count). The molecule has 7 heteroatoms. The zero-order chi connectivity index (χ0) is 18.6. The maximum absolute atomic E-state index is 12.3. The standard InChI is InChI=1S/C18H26N2O5/c1-4-7-25-16(23)8-13-17(24)19-5-6-20(13)11-12-14(21)9-18(2,3)10-15(12)22/h11,13H,4-10H2,1-3H3,(H,19,24). The van der Waals surface area contributed by atoms with Crippen LogP contribution in [0.5, 0.6) is 0 Å². The van der Waals surface area contributed by atoms with Crippen molar-refractivity contribution >= 4 is 23.4 Å². The Bertz CT molecular complexity index is 587. The number of amides is 1. The zero-order valence-electron chi connectivity index (χ0n) is 15.1. The fraction of sp³-hybridized carbons (Fsp3) is 0.667. The lowest BCUT2D eigenvalue weighted by atomic mass is 9.74. The number of esters is 1. The summed E-state index contributed by atoms with van der Waals surface area (Å²) in [4.78, 5) is 50.3. The smallest absolute Gasteiger partial charge is 0.308 e. The van der Waals surface area contributed by atoms with Gasteiger partial charge < -0.3 is 15.0 Å². The highest BCUT2D eigenvalue weighted by atomic mass is 16.5. The quantitative estimate of drug-likeness (QED) is 0.451. The Morgan fingerprint density at radius 2 is 1.92 bits per heavy atom. The van der Waals surface area contributed by atoms with Gasteiger partial charge in [0.05, 0.1) is 18.6 Å². The lowest BCUT2D eigenvalue weighted by molar-refractivity contribution is -0.147. The fourth-order valence-electron chi connectivity index (χ4n) is 3.12. The summed E-state index contributed by atoms with van der Waals surface area (Å²) in [7, 11) is 0. The summed E-state index contributed by atoms with van der Waals surface area (Å²) in [5, 5.41) is 2.71. The average Bonchev–Trinajstić information content (AvgIpc) is 2.51. The number of Topliss-reactive ketones (excluding diaryl/α,β-unsaturated/α-hetero) is 2. The van der Waals surface area contributed by atoms with E-state index in [9.17, 15) is 19.2 Å². The van der Waals surface area contributed by atoms with Gasteiger partial charge in [-0.05, 0) is 11.8 Å². The first-order valence-corrected chi connectivity index (χ1v) is 8.71. The third-order valence-corrected chi connectivity index (χ3v) is 4.37. The molecule has 0 aromatic rings. The summed E-state index contributed by atoms with van der Waals surface area (Å²) in [6.07, 6.45) is 2.66. The van der Waals surface area contributed by atoms with Crippen molar-refractivity contribution in [1.29, 1.82) is 0 Å². The number of rotatable bonds is 5. The van der Waals surface area contributed by atoms with Crippen LogP contribution in [-0.4, -0.2) is 54.1 Å². The maximum atomic E-state index is 12.3. The molecule has 1 saturated heterocycles. The van der Waals surface area contributed by atoms with E-state index in [1.807, 2.05) is 20.8 Å². The third-order valence-electron chi connectivity index (χ3n) is 4.37. The van der Waals surface area contributed by atoms with Gasteiger partial charge in [0.1, 0.15) is 6.04 Å². The summed E-state index contributed by atoms with van der Waals surface area (Å²) < 4.78 is 5.05. The molecule has 1 N–H and O–H groups in total. The van der Waals surface area contributed by atoms with Gasteiger partial charge in [-0.3, -0.25) is 19.2 Å². The minimum Gasteiger partial charge on any atom is -0.466 e. The second-order valence-electron chi connectivity index (χ2n) is 7.38. The molecule has 0 aromatic heterocycles. The number of piperazine rings is 1. The van der Waals surface area contributed by atoms with Crippen molar-refractivity contribution in [2.45, 2.75) is 52.5 Å². The highest BCUT2D eigenvalue weighted by Crippen LogP contribution is 2.34. The number of carbonyl (C=O) groups is 4. The SMILES string of the molecule is CCCOC(=O)CC1C(=O)NCCN1C=C1C(=O)CC(C)(C)CC1=O. The van der Waals surface area contributed by atoms with E-state index in [1.54, 1.807) is 4.90 Å². The first-order chi connectivity index (χ1) is 11.7. The molecule has 1 amide bonds. The summed E-state index contributed by atoms with van der Waals surface area (Å²) in [5.74, 6) is -1.18. The molecule has 0 bridgehead atoms. The number of hydrogen-bond acceptors (Lipinski definition) is 6. The van der Waals surface area contributed by atoms with Crippen molar-refractivity contribution < 1.29 is 23.9 Å². The van der Waals surface area contributed by atoms with Crippen LogP contribution >= 0.6 is 0 Å². The molecular weight excluding hydrogens is 324 g/mol. The summed E-state index contributed by atoms with van der Waals surface area (Å²) in [6, 6.07) is -0.763. The Balaban J connectivity index is 2.16. The molecule has 1 unspecified atom stereocenters. The van der Waals surface area contributed by atoms with Crippen LogP contribution in [0.15, 0.2) is 11.8 Å². The lowest BCUT2D eigenvalue weighted by Crippen LogP contribution is -2.54. The minimum absolute atomic E-state index is 0.108. The molecule has 25 heavy (non-hydrogen) atoms. The van der Waals surface area contributed by atoms with Gasteiger partial charge in [-0.2, -0.15) is 0 Å². The Labute approximate surface area is 147 Å². The van der Waals surface area contributed by atoms with E-state index < -0.39 is 12.0 Å². The fourth-order valence-corrected chi connectivity index (χ4v) is 3.12. The van der Waals surface area contributed by atoms with Gasteiger partial charge in [-0.1, -0.05) is 20.8 Å². The van der Waals surface area contributed by atoms with E-state index in [0.717, 1.165) is 0 Å². The molecule has 1 heterocycles. The average molecular weight is 350 g/mol. The van der Waals surface area contributed by atoms with Crippen LogP contribution < -0.4 is 5.32 Å². The van der Waals surface area contributed by atoms with E-state index >= 15 is 0 Å². The van der Waals surface area contributed by atoms with E-state index in [1.165, 1.54) is 6.20 Å². The highest BCUT2D eigenvalue weighted by molar-refractivity contribution is 6.22. The van der Waals surface area contributed by atoms with Crippen molar-refractivity contribution in [3.8, 4) is 0 Å². The van der Waals surface area contributed by atoms with Crippen LogP contribution in [0.4, 0.5) is 0 Å². The van der Waals surface area contributed by atoms with E-state index in [2.05, 4.69) is 5.32 Å². The van der Waals surface area contributed by atoms with Crippen LogP contribution in [0.1, 0.15) is 46.5 Å². The van der Waals surface area contributed by atoms with E-state index in [0.29, 0.717) is 39.0 Å². The largest absolute Gasteiger partial charge is 0.466 e. The second kappa shape index (κ2) is 7.80. The lowest BCUT2D eigenvalue weighted by Gasteiger charge is -2.35. The van der Waals surface area contributed by atoms with Gasteiger partial charge in [0.2, 0.25) is 5.91 Å². The Kier molecular flexibility index (Phi) is 5.98. The summed E-state index contributed by atoms with van der Waals surface area (Å²) in [5.41, 5.74) is -0.213. The summed E-state index contributed by atoms with van der Waals surface area (Å²) in [6.45, 7) is 6.81. The van der Waals surface area contributed by atoms with Crippen LogP contribution in [0, 0.1) is 5.41 Å². The molecule has 2 aliphatic rings. The number of nitrogens with one attached hydrogen (secondary N) is 1. The minimum atomic E-state index is -0.763. The molecule has 7 nitrogen and oxygen atoms in total. The molecule has 1 saturated carbocycles. The predicted molar refractivity (Wildman–Crippen MR) is 90.5 cm³/mol. The first kappa shape index (κ1) is 19.1. The Hall–Kier alpha value is -2.18. The number of ether oxygens (including phenoxy) is 1. The van der Waals surface area contributed by atoms with Crippen LogP contribution in [0.25, 0.3) is 0 Å². The van der Waals surface area contributed by atoms with Gasteiger partial charge >= 0.3 is 5.97 Å². The topological polar surface area (TPSA) is 92.8 Å². The Morgan fingerprint density at radius 3 is 2.52 bits per heavy atom. The van der Waals surface area contributed by atoms with Gasteiger partial charge in [-0.15, -0.1) is 0 Å². The maximum Gasteiger partial charge on any atom is 0.308 e. The Morgan fingerprint density at radius 1 is 1.28 bits per heavy atom. The van der Waals surface area contributed by atoms with Crippen molar-refractivity contribution in [1.82, 2.24) is 10.2 Å². The molecule has 0 spiro atoms. The predicted octanol–water partition coefficient (Wildman–Crippen LogP) is 0.972. The van der Waals surface area contributed by atoms with E-state index in [-0.39, 0.29) is 34.9 Å². The first-order valence-electron chi connectivity index (χ1n) is 8.71. The molecular formula is C18H26N2O5. The van der Waals surface area contributed by atoms with Gasteiger partial charge in [0.25, 0.3) is 0 Å². The van der Waals surface area contributed by atoms with Gasteiger partial charge in [0, 0.05) is 32.1 Å². The number of ketones is 2. The van der Waals surface area contributed by atoms with Crippen molar-refractivity contribution in [3.63, 3.8) is 0 Å². The van der Waals surface area contributed by atoms with Crippen molar-refractivity contribution in [2.24, 2.45) is 5.41 Å². The monoisotopic (exact) mass is 350 g/mol. The number of nitrogens with zero attached hydrogens (tertiary/aromatic N) is 1. The normalized spacial score (nSPS) is 23.3. The highest BCUT2D eigenvalue weighted by Gasteiger charge is 2.37. The molecule has 1 aliphatic heterocycles. The molecule has 0 aromatic carbocycles. The van der Waals surface area contributed by atoms with Gasteiger partial charge in [-0.25, -0.2) is 0 Å². The van der Waals surface area contributed by atoms with E-state index in [4.69, 9.17) is 4.74 Å². The molecule has 0 radical (unpaired) electrons. The second-order valence-corrected chi connectivity index (χ2v) is 7.38. The van der Waals surface area contributed by atoms with Crippen LogP contribution in [-0.2, 0) is 23.9 Å². The third kappa shape index (κ3) is 4.90. The van der Waals surface area contributed by atoms with Crippen LogP contribution in [0.2, 0.25) is 0 Å². The molecule has 1 aliphatic carbocycles. The van der Waals surface area contributed by atoms with Crippen molar-refractivity contribution in [2.75, 3.05) is 19.7 Å². The van der Waals surface area contributed by atoms with Crippen LogP contribution in [0.3, 0.4) is 0 Å². The van der Waals surface area contributed by atoms with Crippen molar-refractivity contribution in [3.05, 3.63) is 11.8 Å².